The molecule has 0 saturated heterocycles. The van der Waals surface area contributed by atoms with Crippen LogP contribution >= 0.6 is 0 Å². The molecule has 2 aliphatic rings. The summed E-state index contributed by atoms with van der Waals surface area (Å²) in [5.41, 5.74) is 0.924. The molecule has 0 saturated carbocycles. The molecule has 2 unspecified atom stereocenters. The predicted molar refractivity (Wildman–Crippen MR) is 66.1 cm³/mol. The Morgan fingerprint density at radius 2 is 2.00 bits per heavy atom. The predicted octanol–water partition coefficient (Wildman–Crippen LogP) is 0.948. The largest absolute Gasteiger partial charge is 0.473 e. The van der Waals surface area contributed by atoms with Crippen LogP contribution in [0.15, 0.2) is 41.7 Å². The van der Waals surface area contributed by atoms with Gasteiger partial charge in [-0.15, -0.1) is 0 Å². The molecule has 0 aliphatic carbocycles. The van der Waals surface area contributed by atoms with Gasteiger partial charge in [-0.2, -0.15) is 0 Å². The monoisotopic (exact) mass is 243 g/mol. The van der Waals surface area contributed by atoms with E-state index in [0.29, 0.717) is 13.1 Å². The zero-order valence-electron chi connectivity index (χ0n) is 9.77. The number of aromatic nitrogens is 1. The number of amides is 1. The van der Waals surface area contributed by atoms with Crippen LogP contribution in [0, 0.1) is 0 Å². The zero-order chi connectivity index (χ0) is 12.4. The Hall–Kier alpha value is -2.17. The zero-order valence-corrected chi connectivity index (χ0v) is 9.77. The molecule has 18 heavy (non-hydrogen) atoms. The molecule has 1 aromatic rings. The summed E-state index contributed by atoms with van der Waals surface area (Å²) < 4.78 is 5.44. The van der Waals surface area contributed by atoms with E-state index in [4.69, 9.17) is 4.74 Å². The van der Waals surface area contributed by atoms with Gasteiger partial charge in [0.2, 0.25) is 0 Å². The van der Waals surface area contributed by atoms with E-state index < -0.39 is 6.04 Å². The summed E-state index contributed by atoms with van der Waals surface area (Å²) in [5, 5.41) is 0. The molecule has 92 valence electrons. The summed E-state index contributed by atoms with van der Waals surface area (Å²) in [5.74, 6) is 0.00978. The Morgan fingerprint density at radius 1 is 1.28 bits per heavy atom. The van der Waals surface area contributed by atoms with Crippen molar-refractivity contribution in [1.82, 2.24) is 9.88 Å². The Balaban J connectivity index is 1.78. The van der Waals surface area contributed by atoms with Gasteiger partial charge in [-0.1, -0.05) is 12.2 Å². The third-order valence-electron chi connectivity index (χ3n) is 3.13. The number of aliphatic imine (C=N–C) groups is 1. The molecule has 3 heterocycles. The van der Waals surface area contributed by atoms with E-state index >= 15 is 0 Å². The molecule has 0 aromatic carbocycles. The number of nitrogens with zero attached hydrogens (tertiary/aromatic N) is 3. The van der Waals surface area contributed by atoms with Gasteiger partial charge in [0.15, 0.2) is 18.5 Å². The highest BCUT2D eigenvalue weighted by Gasteiger charge is 2.36. The molecule has 0 spiro atoms. The number of hydrogen-bond donors (Lipinski definition) is 0. The molecule has 0 radical (unpaired) electrons. The van der Waals surface area contributed by atoms with Crippen molar-refractivity contribution in [2.24, 2.45) is 4.99 Å². The van der Waals surface area contributed by atoms with E-state index in [1.807, 2.05) is 24.3 Å². The molecule has 2 aliphatic heterocycles. The van der Waals surface area contributed by atoms with Crippen molar-refractivity contribution >= 4 is 12.3 Å². The lowest BCUT2D eigenvalue weighted by atomic mass is 10.0. The van der Waals surface area contributed by atoms with Crippen molar-refractivity contribution in [1.29, 1.82) is 0 Å². The van der Waals surface area contributed by atoms with Gasteiger partial charge in [0.25, 0.3) is 5.91 Å². The van der Waals surface area contributed by atoms with Gasteiger partial charge in [-0.05, 0) is 17.7 Å². The molecule has 1 amide bonds. The summed E-state index contributed by atoms with van der Waals surface area (Å²) in [4.78, 5) is 22.2. The first-order valence-electron chi connectivity index (χ1n) is 5.87. The maximum absolute atomic E-state index is 12.3. The highest BCUT2D eigenvalue weighted by Crippen LogP contribution is 2.28. The first kappa shape index (κ1) is 11.0. The number of pyridine rings is 1. The lowest BCUT2D eigenvalue weighted by Gasteiger charge is -2.22. The Labute approximate surface area is 105 Å². The first-order valence-corrected chi connectivity index (χ1v) is 5.87. The molecule has 5 nitrogen and oxygen atoms in total. The normalized spacial score (nSPS) is 25.4. The van der Waals surface area contributed by atoms with E-state index in [1.165, 1.54) is 6.40 Å². The fraction of sp³-hybridized carbons (Fsp3) is 0.308. The second-order valence-electron chi connectivity index (χ2n) is 4.25. The van der Waals surface area contributed by atoms with Crippen LogP contribution in [0.1, 0.15) is 11.7 Å². The highest BCUT2D eigenvalue weighted by atomic mass is 16.5. The summed E-state index contributed by atoms with van der Waals surface area (Å²) >= 11 is 0. The van der Waals surface area contributed by atoms with Gasteiger partial charge in [-0.25, -0.2) is 4.99 Å². The molecule has 0 N–H and O–H groups in total. The summed E-state index contributed by atoms with van der Waals surface area (Å²) in [7, 11) is 0. The van der Waals surface area contributed by atoms with Gasteiger partial charge >= 0.3 is 0 Å². The van der Waals surface area contributed by atoms with E-state index in [-0.39, 0.29) is 12.0 Å². The fourth-order valence-corrected chi connectivity index (χ4v) is 2.17. The maximum Gasteiger partial charge on any atom is 0.252 e. The van der Waals surface area contributed by atoms with Crippen LogP contribution < -0.4 is 0 Å². The number of rotatable bonds is 2. The van der Waals surface area contributed by atoms with Gasteiger partial charge in [0.05, 0.1) is 0 Å². The Kier molecular flexibility index (Phi) is 2.80. The van der Waals surface area contributed by atoms with Crippen molar-refractivity contribution in [3.8, 4) is 0 Å². The minimum absolute atomic E-state index is 0.00978. The van der Waals surface area contributed by atoms with Crippen LogP contribution in [-0.4, -0.2) is 41.3 Å². The van der Waals surface area contributed by atoms with Gasteiger partial charge < -0.3 is 9.64 Å². The van der Waals surface area contributed by atoms with Crippen molar-refractivity contribution in [3.63, 3.8) is 0 Å². The molecular formula is C13H13N3O2. The van der Waals surface area contributed by atoms with Gasteiger partial charge in [-0.3, -0.25) is 9.78 Å². The van der Waals surface area contributed by atoms with Gasteiger partial charge in [0, 0.05) is 25.5 Å². The molecule has 1 aromatic heterocycles. The van der Waals surface area contributed by atoms with E-state index in [0.717, 1.165) is 5.56 Å². The minimum atomic E-state index is -0.479. The lowest BCUT2D eigenvalue weighted by molar-refractivity contribution is -0.132. The van der Waals surface area contributed by atoms with E-state index in [9.17, 15) is 4.79 Å². The number of carbonyl (C=O) groups excluding carboxylic acids is 1. The smallest absolute Gasteiger partial charge is 0.252 e. The molecule has 5 heteroatoms. The van der Waals surface area contributed by atoms with Crippen molar-refractivity contribution < 1.29 is 9.53 Å². The van der Waals surface area contributed by atoms with Crippen molar-refractivity contribution in [2.75, 3.05) is 13.1 Å². The third kappa shape index (κ3) is 1.88. The van der Waals surface area contributed by atoms with Crippen LogP contribution in [0.25, 0.3) is 0 Å². The molecule has 0 fully saturated rings. The highest BCUT2D eigenvalue weighted by molar-refractivity contribution is 5.85. The summed E-state index contributed by atoms with van der Waals surface area (Å²) in [6.07, 6.45) is 8.39. The number of hydrogen-bond acceptors (Lipinski definition) is 4. The molecule has 2 atom stereocenters. The second-order valence-corrected chi connectivity index (χ2v) is 4.25. The fourth-order valence-electron chi connectivity index (χ4n) is 2.17. The molecule has 3 rings (SSSR count). The summed E-state index contributed by atoms with van der Waals surface area (Å²) in [6, 6.07) is 3.22. The quantitative estimate of drug-likeness (QED) is 0.727. The number of ether oxygens (including phenoxy) is 1. The van der Waals surface area contributed by atoms with Crippen LogP contribution in [0.4, 0.5) is 0 Å². The Bertz CT molecular complexity index is 490. The van der Waals surface area contributed by atoms with Crippen LogP contribution in [0.3, 0.4) is 0 Å². The maximum atomic E-state index is 12.3. The lowest BCUT2D eigenvalue weighted by Crippen LogP contribution is -2.38. The SMILES string of the molecule is O=C(C1N=COC1c1ccncc1)N1CC=CC1. The number of carbonyl (C=O) groups is 1. The third-order valence-corrected chi connectivity index (χ3v) is 3.13. The van der Waals surface area contributed by atoms with Gasteiger partial charge in [0.1, 0.15) is 0 Å². The van der Waals surface area contributed by atoms with Crippen molar-refractivity contribution in [3.05, 3.63) is 42.2 Å². The topological polar surface area (TPSA) is 54.8 Å². The average Bonchev–Trinajstić information content (AvgIpc) is 3.10. The van der Waals surface area contributed by atoms with E-state index in [1.54, 1.807) is 17.3 Å². The van der Waals surface area contributed by atoms with Crippen LogP contribution in [0.5, 0.6) is 0 Å². The van der Waals surface area contributed by atoms with E-state index in [2.05, 4.69) is 9.98 Å². The van der Waals surface area contributed by atoms with Crippen LogP contribution in [0.2, 0.25) is 0 Å². The summed E-state index contributed by atoms with van der Waals surface area (Å²) in [6.45, 7) is 1.32. The molecular weight excluding hydrogens is 230 g/mol. The molecule has 0 bridgehead atoms. The minimum Gasteiger partial charge on any atom is -0.473 e. The van der Waals surface area contributed by atoms with Crippen molar-refractivity contribution in [2.45, 2.75) is 12.1 Å². The first-order chi connectivity index (χ1) is 8.86. The second kappa shape index (κ2) is 4.60. The van der Waals surface area contributed by atoms with Crippen LogP contribution in [-0.2, 0) is 9.53 Å². The average molecular weight is 243 g/mol. The Morgan fingerprint density at radius 3 is 2.72 bits per heavy atom. The standard InChI is InChI=1S/C13H13N3O2/c17-13(16-7-1-2-8-16)11-12(18-9-15-11)10-3-5-14-6-4-10/h1-6,9,11-12H,7-8H2.